The summed E-state index contributed by atoms with van der Waals surface area (Å²) in [6.45, 7) is 0.599. The molecule has 64 valence electrons. The molecule has 0 atom stereocenters. The molecular weight excluding hydrogens is 156 g/mol. The number of aliphatic hydroxyl groups is 1. The number of nitrogens with one attached hydrogen (secondary N) is 1. The van der Waals surface area contributed by atoms with Gasteiger partial charge in [-0.2, -0.15) is 0 Å². The van der Waals surface area contributed by atoms with Gasteiger partial charge >= 0.3 is 0 Å². The molecule has 0 aliphatic rings. The molecule has 0 aromatic heterocycles. The molecule has 1 rings (SSSR count). The SMILES string of the molecule is O=Nc1ccc(NCCO)cc1. The molecule has 1 aromatic rings. The fourth-order valence-electron chi connectivity index (χ4n) is 0.840. The van der Waals surface area contributed by atoms with Crippen molar-refractivity contribution in [2.75, 3.05) is 18.5 Å². The lowest BCUT2D eigenvalue weighted by Gasteiger charge is -2.02. The summed E-state index contributed by atoms with van der Waals surface area (Å²) in [7, 11) is 0. The highest BCUT2D eigenvalue weighted by atomic mass is 16.3. The Labute approximate surface area is 70.2 Å². The van der Waals surface area contributed by atoms with E-state index in [1.54, 1.807) is 24.3 Å². The third kappa shape index (κ3) is 2.32. The molecule has 4 nitrogen and oxygen atoms in total. The van der Waals surface area contributed by atoms with Crippen molar-refractivity contribution in [1.82, 2.24) is 0 Å². The first-order valence-electron chi connectivity index (χ1n) is 3.65. The number of nitroso groups, excluding NO2 is 1. The van der Waals surface area contributed by atoms with Crippen LogP contribution >= 0.6 is 0 Å². The van der Waals surface area contributed by atoms with Crippen molar-refractivity contribution < 1.29 is 5.11 Å². The van der Waals surface area contributed by atoms with Gasteiger partial charge in [0.25, 0.3) is 0 Å². The first-order chi connectivity index (χ1) is 5.86. The Morgan fingerprint density at radius 3 is 2.50 bits per heavy atom. The number of hydrogen-bond donors (Lipinski definition) is 2. The van der Waals surface area contributed by atoms with Crippen LogP contribution in [-0.2, 0) is 0 Å². The van der Waals surface area contributed by atoms with E-state index in [0.29, 0.717) is 12.2 Å². The summed E-state index contributed by atoms with van der Waals surface area (Å²) in [6.07, 6.45) is 0. The molecule has 0 saturated heterocycles. The van der Waals surface area contributed by atoms with Gasteiger partial charge in [-0.05, 0) is 29.4 Å². The standard InChI is InChI=1S/C8H10N2O2/c11-6-5-9-7-1-3-8(10-12)4-2-7/h1-4,9,11H,5-6H2. The normalized spacial score (nSPS) is 9.42. The van der Waals surface area contributed by atoms with Gasteiger partial charge in [-0.25, -0.2) is 0 Å². The number of aliphatic hydroxyl groups excluding tert-OH is 1. The molecule has 0 bridgehead atoms. The fourth-order valence-corrected chi connectivity index (χ4v) is 0.840. The Morgan fingerprint density at radius 1 is 1.33 bits per heavy atom. The van der Waals surface area contributed by atoms with E-state index in [1.807, 2.05) is 0 Å². The van der Waals surface area contributed by atoms with Crippen molar-refractivity contribution >= 4 is 11.4 Å². The number of anilines is 1. The van der Waals surface area contributed by atoms with E-state index in [9.17, 15) is 4.91 Å². The number of benzene rings is 1. The third-order valence-corrected chi connectivity index (χ3v) is 1.41. The van der Waals surface area contributed by atoms with E-state index < -0.39 is 0 Å². The summed E-state index contributed by atoms with van der Waals surface area (Å²) >= 11 is 0. The van der Waals surface area contributed by atoms with Crippen LogP contribution in [0.25, 0.3) is 0 Å². The molecule has 0 aliphatic heterocycles. The van der Waals surface area contributed by atoms with Gasteiger partial charge in [-0.15, -0.1) is 4.91 Å². The first kappa shape index (κ1) is 8.67. The van der Waals surface area contributed by atoms with Gasteiger partial charge in [0, 0.05) is 12.2 Å². The Hall–Kier alpha value is -1.42. The molecule has 4 heteroatoms. The van der Waals surface area contributed by atoms with Gasteiger partial charge in [0.2, 0.25) is 0 Å². The van der Waals surface area contributed by atoms with Gasteiger partial charge in [-0.3, -0.25) is 0 Å². The maximum Gasteiger partial charge on any atom is 0.108 e. The molecule has 12 heavy (non-hydrogen) atoms. The second kappa shape index (κ2) is 4.46. The highest BCUT2D eigenvalue weighted by molar-refractivity contribution is 5.50. The molecule has 0 fully saturated rings. The van der Waals surface area contributed by atoms with E-state index >= 15 is 0 Å². The lowest BCUT2D eigenvalue weighted by atomic mass is 10.3. The third-order valence-electron chi connectivity index (χ3n) is 1.41. The van der Waals surface area contributed by atoms with E-state index in [-0.39, 0.29) is 6.61 Å². The van der Waals surface area contributed by atoms with Gasteiger partial charge < -0.3 is 10.4 Å². The van der Waals surface area contributed by atoms with Gasteiger partial charge in [0.1, 0.15) is 5.69 Å². The summed E-state index contributed by atoms with van der Waals surface area (Å²) in [5.74, 6) is 0. The monoisotopic (exact) mass is 166 g/mol. The van der Waals surface area contributed by atoms with Gasteiger partial charge in [0.15, 0.2) is 0 Å². The highest BCUT2D eigenvalue weighted by Gasteiger charge is 1.91. The minimum absolute atomic E-state index is 0.0910. The van der Waals surface area contributed by atoms with Crippen molar-refractivity contribution in [2.24, 2.45) is 5.18 Å². The zero-order valence-corrected chi connectivity index (χ0v) is 6.53. The maximum absolute atomic E-state index is 10.0. The Balaban J connectivity index is 2.58. The molecule has 2 N–H and O–H groups in total. The molecule has 0 amide bonds. The van der Waals surface area contributed by atoms with Crippen LogP contribution in [0, 0.1) is 4.91 Å². The second-order valence-corrected chi connectivity index (χ2v) is 2.29. The van der Waals surface area contributed by atoms with Crippen molar-refractivity contribution in [3.05, 3.63) is 29.2 Å². The smallest absolute Gasteiger partial charge is 0.108 e. The van der Waals surface area contributed by atoms with Crippen LogP contribution in [0.2, 0.25) is 0 Å². The van der Waals surface area contributed by atoms with Crippen LogP contribution in [0.4, 0.5) is 11.4 Å². The maximum atomic E-state index is 10.0. The molecule has 0 unspecified atom stereocenters. The molecule has 0 radical (unpaired) electrons. The molecule has 0 aliphatic carbocycles. The van der Waals surface area contributed by atoms with Gasteiger partial charge in [0.05, 0.1) is 6.61 Å². The van der Waals surface area contributed by atoms with Crippen molar-refractivity contribution in [2.45, 2.75) is 0 Å². The summed E-state index contributed by atoms with van der Waals surface area (Å²) in [4.78, 5) is 10.0. The van der Waals surface area contributed by atoms with Gasteiger partial charge in [-0.1, -0.05) is 0 Å². The van der Waals surface area contributed by atoms with E-state index in [0.717, 1.165) is 5.69 Å². The quantitative estimate of drug-likeness (QED) is 0.666. The molecule has 0 saturated carbocycles. The lowest BCUT2D eigenvalue weighted by Crippen LogP contribution is -2.04. The van der Waals surface area contributed by atoms with Crippen LogP contribution < -0.4 is 5.32 Å². The van der Waals surface area contributed by atoms with Crippen LogP contribution in [0.5, 0.6) is 0 Å². The van der Waals surface area contributed by atoms with E-state index in [1.165, 1.54) is 0 Å². The molecule has 0 heterocycles. The summed E-state index contributed by atoms with van der Waals surface area (Å²) in [5, 5.41) is 14.2. The van der Waals surface area contributed by atoms with Crippen LogP contribution in [0.15, 0.2) is 29.4 Å². The average Bonchev–Trinajstić information content (AvgIpc) is 2.15. The second-order valence-electron chi connectivity index (χ2n) is 2.29. The van der Waals surface area contributed by atoms with Crippen LogP contribution in [0.3, 0.4) is 0 Å². The highest BCUT2D eigenvalue weighted by Crippen LogP contribution is 2.14. The molecule has 0 spiro atoms. The minimum Gasteiger partial charge on any atom is -0.395 e. The molecular formula is C8H10N2O2. The van der Waals surface area contributed by atoms with E-state index in [2.05, 4.69) is 10.5 Å². The zero-order valence-electron chi connectivity index (χ0n) is 6.53. The van der Waals surface area contributed by atoms with E-state index in [4.69, 9.17) is 5.11 Å². The van der Waals surface area contributed by atoms with Crippen molar-refractivity contribution in [3.63, 3.8) is 0 Å². The Kier molecular flexibility index (Phi) is 3.22. The largest absolute Gasteiger partial charge is 0.395 e. The van der Waals surface area contributed by atoms with Crippen molar-refractivity contribution in [1.29, 1.82) is 0 Å². The zero-order chi connectivity index (χ0) is 8.81. The number of hydrogen-bond acceptors (Lipinski definition) is 4. The summed E-state index contributed by atoms with van der Waals surface area (Å²) in [5.41, 5.74) is 1.28. The Morgan fingerprint density at radius 2 is 2.00 bits per heavy atom. The average molecular weight is 166 g/mol. The van der Waals surface area contributed by atoms with Crippen LogP contribution in [-0.4, -0.2) is 18.3 Å². The fraction of sp³-hybridized carbons (Fsp3) is 0.250. The summed E-state index contributed by atoms with van der Waals surface area (Å²) in [6, 6.07) is 6.72. The Bertz CT molecular complexity index is 246. The lowest BCUT2D eigenvalue weighted by molar-refractivity contribution is 0.311. The topological polar surface area (TPSA) is 61.7 Å². The first-order valence-corrected chi connectivity index (χ1v) is 3.65. The predicted molar refractivity (Wildman–Crippen MR) is 47.5 cm³/mol. The number of rotatable bonds is 4. The number of nitrogens with zero attached hydrogens (tertiary/aromatic N) is 1. The summed E-state index contributed by atoms with van der Waals surface area (Å²) < 4.78 is 0. The molecule has 1 aromatic carbocycles. The minimum atomic E-state index is 0.0910. The van der Waals surface area contributed by atoms with Crippen molar-refractivity contribution in [3.8, 4) is 0 Å². The predicted octanol–water partition coefficient (Wildman–Crippen LogP) is 1.49. The van der Waals surface area contributed by atoms with Crippen LogP contribution in [0.1, 0.15) is 0 Å².